The largest absolute Gasteiger partial charge is 0.481 e. The normalized spacial score (nSPS) is 16.2. The Balaban J connectivity index is 5.22. The van der Waals surface area contributed by atoms with E-state index in [-0.39, 0.29) is 17.3 Å². The fourth-order valence-electron chi connectivity index (χ4n) is 3.21. The smallest absolute Gasteiger partial charge is 0.357 e. The van der Waals surface area contributed by atoms with Crippen molar-refractivity contribution in [3.8, 4) is 0 Å². The van der Waals surface area contributed by atoms with E-state index in [0.717, 1.165) is 50.0 Å². The van der Waals surface area contributed by atoms with Crippen LogP contribution in [0, 0.1) is 11.8 Å². The third-order valence-electron chi connectivity index (χ3n) is 5.02. The Morgan fingerprint density at radius 1 is 0.840 bits per heavy atom. The molecule has 0 aromatic rings. The van der Waals surface area contributed by atoms with E-state index in [2.05, 4.69) is 27.7 Å². The minimum absolute atomic E-state index is 0.243. The van der Waals surface area contributed by atoms with E-state index >= 15 is 0 Å². The molecule has 4 nitrogen and oxygen atoms in total. The summed E-state index contributed by atoms with van der Waals surface area (Å²) in [6, 6.07) is 0. The molecule has 0 heterocycles. The van der Waals surface area contributed by atoms with Crippen LogP contribution < -0.4 is 0 Å². The number of carboxylic acids is 2. The molecule has 0 aromatic carbocycles. The second-order valence-electron chi connectivity index (χ2n) is 7.13. The van der Waals surface area contributed by atoms with Crippen LogP contribution in [0.25, 0.3) is 0 Å². The highest BCUT2D eigenvalue weighted by Crippen LogP contribution is 2.26. The van der Waals surface area contributed by atoms with Crippen LogP contribution >= 0.6 is 0 Å². The van der Waals surface area contributed by atoms with Gasteiger partial charge in [-0.25, -0.2) is 4.79 Å². The Kier molecular flexibility index (Phi) is 14.0. The highest BCUT2D eigenvalue weighted by Gasteiger charge is 2.41. The van der Waals surface area contributed by atoms with Gasteiger partial charge in [0.1, 0.15) is 17.9 Å². The van der Waals surface area contributed by atoms with Crippen molar-refractivity contribution >= 4 is 22.8 Å². The third kappa shape index (κ3) is 10.8. The van der Waals surface area contributed by atoms with Crippen LogP contribution in [-0.2, 0) is 20.5 Å². The second-order valence-corrected chi connectivity index (χ2v) is 9.44. The molecule has 2 N–H and O–H groups in total. The lowest BCUT2D eigenvalue weighted by molar-refractivity contribution is -0.143. The van der Waals surface area contributed by atoms with Gasteiger partial charge in [0.2, 0.25) is 5.25 Å². The molecule has 0 bridgehead atoms. The predicted molar refractivity (Wildman–Crippen MR) is 107 cm³/mol. The van der Waals surface area contributed by atoms with E-state index in [1.165, 1.54) is 12.8 Å². The molecule has 3 unspecified atom stereocenters. The molecule has 0 amide bonds. The molecule has 0 aromatic heterocycles. The summed E-state index contributed by atoms with van der Waals surface area (Å²) in [6.45, 7) is 8.69. The lowest BCUT2D eigenvalue weighted by atomic mass is 10.0. The molecule has 0 aliphatic heterocycles. The van der Waals surface area contributed by atoms with Gasteiger partial charge in [-0.3, -0.25) is 4.79 Å². The third-order valence-corrected chi connectivity index (χ3v) is 8.00. The zero-order valence-electron chi connectivity index (χ0n) is 16.6. The van der Waals surface area contributed by atoms with Crippen molar-refractivity contribution in [3.05, 3.63) is 0 Å². The SMILES string of the molecule is CCCCC(CC)C[S+](CC(CC)CCCC)C(CC(=O)O)C(=O)O. The molecule has 0 radical (unpaired) electrons. The average Bonchev–Trinajstić information content (AvgIpc) is 2.58. The van der Waals surface area contributed by atoms with Crippen molar-refractivity contribution in [2.75, 3.05) is 11.5 Å². The van der Waals surface area contributed by atoms with Crippen molar-refractivity contribution in [2.45, 2.75) is 90.7 Å². The van der Waals surface area contributed by atoms with Crippen LogP contribution in [-0.4, -0.2) is 38.9 Å². The highest BCUT2D eigenvalue weighted by atomic mass is 32.2. The fraction of sp³-hybridized carbons (Fsp3) is 0.900. The summed E-state index contributed by atoms with van der Waals surface area (Å²) in [4.78, 5) is 23.0. The van der Waals surface area contributed by atoms with Crippen LogP contribution in [0.5, 0.6) is 0 Å². The number of hydrogen-bond acceptors (Lipinski definition) is 2. The van der Waals surface area contributed by atoms with Gasteiger partial charge in [-0.05, 0) is 25.7 Å². The molecular formula is C20H39O4S+. The Morgan fingerprint density at radius 3 is 1.56 bits per heavy atom. The second kappa shape index (κ2) is 14.5. The van der Waals surface area contributed by atoms with E-state index in [4.69, 9.17) is 0 Å². The topological polar surface area (TPSA) is 74.6 Å². The first kappa shape index (κ1) is 24.3. The maximum atomic E-state index is 11.8. The van der Waals surface area contributed by atoms with Gasteiger partial charge in [-0.1, -0.05) is 53.4 Å². The summed E-state index contributed by atoms with van der Waals surface area (Å²) in [5.74, 6) is 0.868. The van der Waals surface area contributed by atoms with Crippen molar-refractivity contribution in [3.63, 3.8) is 0 Å². The monoisotopic (exact) mass is 375 g/mol. The van der Waals surface area contributed by atoms with E-state index in [1.807, 2.05) is 0 Å². The molecule has 0 spiro atoms. The zero-order chi connectivity index (χ0) is 19.2. The van der Waals surface area contributed by atoms with Crippen LogP contribution in [0.3, 0.4) is 0 Å². The van der Waals surface area contributed by atoms with Crippen LogP contribution in [0.2, 0.25) is 0 Å². The van der Waals surface area contributed by atoms with Crippen molar-refractivity contribution in [1.29, 1.82) is 0 Å². The molecule has 148 valence electrons. The molecule has 0 fully saturated rings. The van der Waals surface area contributed by atoms with E-state index < -0.39 is 17.2 Å². The van der Waals surface area contributed by atoms with Crippen molar-refractivity contribution < 1.29 is 19.8 Å². The number of rotatable bonds is 16. The summed E-state index contributed by atoms with van der Waals surface area (Å²) in [5, 5.41) is 18.1. The Labute approximate surface area is 157 Å². The molecule has 0 aliphatic carbocycles. The molecule has 5 heteroatoms. The number of aliphatic carboxylic acids is 2. The van der Waals surface area contributed by atoms with Crippen LogP contribution in [0.4, 0.5) is 0 Å². The first-order chi connectivity index (χ1) is 11.9. The number of carboxylic acid groups (broad SMARTS) is 2. The minimum Gasteiger partial charge on any atom is -0.481 e. The zero-order valence-corrected chi connectivity index (χ0v) is 17.4. The summed E-state index contributed by atoms with van der Waals surface area (Å²) in [5.41, 5.74) is 0. The van der Waals surface area contributed by atoms with Crippen LogP contribution in [0.15, 0.2) is 0 Å². The summed E-state index contributed by atoms with van der Waals surface area (Å²) < 4.78 is 0. The molecule has 3 atom stereocenters. The fourth-order valence-corrected chi connectivity index (χ4v) is 6.49. The van der Waals surface area contributed by atoms with Crippen LogP contribution in [0.1, 0.15) is 85.5 Å². The van der Waals surface area contributed by atoms with Gasteiger partial charge in [-0.15, -0.1) is 0 Å². The number of carbonyl (C=O) groups is 2. The Hall–Kier alpha value is -0.710. The maximum absolute atomic E-state index is 11.8. The maximum Gasteiger partial charge on any atom is 0.357 e. The van der Waals surface area contributed by atoms with Gasteiger partial charge in [0.05, 0.1) is 0 Å². The summed E-state index contributed by atoms with van der Waals surface area (Å²) in [7, 11) is -0.360. The van der Waals surface area contributed by atoms with Gasteiger partial charge in [0.15, 0.2) is 0 Å². The first-order valence-corrected chi connectivity index (χ1v) is 11.6. The quantitative estimate of drug-likeness (QED) is 0.374. The Morgan fingerprint density at radius 2 is 1.28 bits per heavy atom. The first-order valence-electron chi connectivity index (χ1n) is 10.00. The Bertz CT molecular complexity index is 355. The van der Waals surface area contributed by atoms with E-state index in [9.17, 15) is 19.8 Å². The lowest BCUT2D eigenvalue weighted by Gasteiger charge is -2.23. The van der Waals surface area contributed by atoms with Gasteiger partial charge in [-0.2, -0.15) is 0 Å². The summed E-state index contributed by atoms with van der Waals surface area (Å²) >= 11 is 0. The molecule has 0 aliphatic rings. The molecule has 0 rings (SSSR count). The van der Waals surface area contributed by atoms with Gasteiger partial charge in [0, 0.05) is 22.7 Å². The lowest BCUT2D eigenvalue weighted by Crippen LogP contribution is -2.39. The van der Waals surface area contributed by atoms with Gasteiger partial charge in [0.25, 0.3) is 0 Å². The van der Waals surface area contributed by atoms with Gasteiger partial charge >= 0.3 is 11.9 Å². The van der Waals surface area contributed by atoms with Crippen molar-refractivity contribution in [2.24, 2.45) is 11.8 Å². The summed E-state index contributed by atoms with van der Waals surface area (Å²) in [6.07, 6.45) is 8.74. The molecule has 0 saturated heterocycles. The number of unbranched alkanes of at least 4 members (excludes halogenated alkanes) is 2. The van der Waals surface area contributed by atoms with E-state index in [1.54, 1.807) is 0 Å². The molecule has 25 heavy (non-hydrogen) atoms. The molecule has 0 saturated carbocycles. The average molecular weight is 376 g/mol. The van der Waals surface area contributed by atoms with Gasteiger partial charge < -0.3 is 10.2 Å². The predicted octanol–water partition coefficient (Wildman–Crippen LogP) is 4.97. The van der Waals surface area contributed by atoms with E-state index in [0.29, 0.717) is 11.8 Å². The minimum atomic E-state index is -0.992. The standard InChI is InChI=1S/C20H38O4S/c1-5-9-11-16(7-3)14-25(15-17(8-4)12-10-6-2)18(20(23)24)13-19(21)22/h16-18H,5-15H2,1-4H3,(H-,21,22,23,24)/p+1. The van der Waals surface area contributed by atoms with Crippen molar-refractivity contribution in [1.82, 2.24) is 0 Å². The number of hydrogen-bond donors (Lipinski definition) is 2. The molecular weight excluding hydrogens is 336 g/mol. The highest BCUT2D eigenvalue weighted by molar-refractivity contribution is 7.98.